The van der Waals surface area contributed by atoms with Crippen LogP contribution >= 0.6 is 27.5 Å². The minimum atomic E-state index is -3.00. The number of aryl methyl sites for hydroxylation is 1. The summed E-state index contributed by atoms with van der Waals surface area (Å²) in [6, 6.07) is 5.60. The highest BCUT2D eigenvalue weighted by atomic mass is 79.9. The predicted octanol–water partition coefficient (Wildman–Crippen LogP) is 4.33. The first-order valence-electron chi connectivity index (χ1n) is 10.2. The van der Waals surface area contributed by atoms with E-state index in [-0.39, 0.29) is 27.8 Å². The molecule has 1 aliphatic rings. The van der Waals surface area contributed by atoms with Gasteiger partial charge in [0.25, 0.3) is 5.91 Å². The van der Waals surface area contributed by atoms with Crippen LogP contribution in [-0.2, 0) is 16.4 Å². The lowest BCUT2D eigenvalue weighted by atomic mass is 9.89. The number of nitrogens with one attached hydrogen (secondary N) is 1. The average molecular weight is 533 g/mol. The van der Waals surface area contributed by atoms with Gasteiger partial charge >= 0.3 is 0 Å². The zero-order chi connectivity index (χ0) is 22.8. The fourth-order valence-electron chi connectivity index (χ4n) is 4.02. The van der Waals surface area contributed by atoms with Crippen molar-refractivity contribution >= 4 is 43.3 Å². The molecule has 1 heterocycles. The Balaban J connectivity index is 1.75. The lowest BCUT2D eigenvalue weighted by molar-refractivity contribution is 0.0938. The highest BCUT2D eigenvalue weighted by Gasteiger charge is 2.29. The third-order valence-electron chi connectivity index (χ3n) is 5.78. The Kier molecular flexibility index (Phi) is 7.70. The van der Waals surface area contributed by atoms with Gasteiger partial charge in [-0.25, -0.2) is 8.42 Å². The number of aromatic nitrogens is 2. The van der Waals surface area contributed by atoms with Gasteiger partial charge in [0, 0.05) is 29.4 Å². The Morgan fingerprint density at radius 3 is 2.58 bits per heavy atom. The number of halogens is 2. The molecule has 2 aromatic rings. The van der Waals surface area contributed by atoms with Crippen LogP contribution in [0.4, 0.5) is 0 Å². The monoisotopic (exact) mass is 531 g/mol. The first-order chi connectivity index (χ1) is 14.7. The van der Waals surface area contributed by atoms with E-state index < -0.39 is 9.84 Å². The second-order valence-electron chi connectivity index (χ2n) is 7.85. The summed E-state index contributed by atoms with van der Waals surface area (Å²) in [6.07, 6.45) is 4.12. The molecule has 0 aliphatic heterocycles. The van der Waals surface area contributed by atoms with Crippen molar-refractivity contribution in [1.82, 2.24) is 15.1 Å². The molecule has 0 unspecified atom stereocenters. The molecule has 7 nitrogen and oxygen atoms in total. The fraction of sp³-hybridized carbons (Fsp3) is 0.524. The number of sulfone groups is 1. The number of hydrogen-bond acceptors (Lipinski definition) is 5. The lowest BCUT2D eigenvalue weighted by Crippen LogP contribution is -2.34. The zero-order valence-corrected chi connectivity index (χ0v) is 21.0. The Bertz CT molecular complexity index is 1060. The van der Waals surface area contributed by atoms with Gasteiger partial charge in [-0.1, -0.05) is 27.5 Å². The van der Waals surface area contributed by atoms with Crippen molar-refractivity contribution < 1.29 is 17.9 Å². The summed E-state index contributed by atoms with van der Waals surface area (Å²) in [7, 11) is -1.42. The van der Waals surface area contributed by atoms with Crippen molar-refractivity contribution in [1.29, 1.82) is 0 Å². The molecule has 0 bridgehead atoms. The smallest absolute Gasteiger partial charge is 0.273 e. The molecule has 0 spiro atoms. The molecule has 1 aliphatic carbocycles. The molecule has 1 N–H and O–H groups in total. The van der Waals surface area contributed by atoms with Gasteiger partial charge in [0.1, 0.15) is 15.6 Å². The van der Waals surface area contributed by atoms with E-state index in [1.54, 1.807) is 11.8 Å². The van der Waals surface area contributed by atoms with E-state index in [0.717, 1.165) is 22.9 Å². The van der Waals surface area contributed by atoms with Gasteiger partial charge < -0.3 is 10.1 Å². The second kappa shape index (κ2) is 9.92. The summed E-state index contributed by atoms with van der Waals surface area (Å²) in [5.41, 5.74) is 1.56. The van der Waals surface area contributed by atoms with Crippen LogP contribution in [-0.4, -0.2) is 49.3 Å². The molecule has 3 rings (SSSR count). The normalized spacial score (nSPS) is 19.3. The number of carbonyl (C=O) groups excluding carboxylic acids is 1. The van der Waals surface area contributed by atoms with Crippen LogP contribution in [0.2, 0.25) is 5.02 Å². The van der Waals surface area contributed by atoms with Gasteiger partial charge in [0.05, 0.1) is 23.1 Å². The summed E-state index contributed by atoms with van der Waals surface area (Å²) >= 11 is 10.1. The van der Waals surface area contributed by atoms with Gasteiger partial charge in [-0.15, -0.1) is 0 Å². The van der Waals surface area contributed by atoms with Crippen LogP contribution < -0.4 is 10.1 Å². The maximum atomic E-state index is 12.8. The van der Waals surface area contributed by atoms with E-state index in [9.17, 15) is 13.2 Å². The topological polar surface area (TPSA) is 90.3 Å². The maximum Gasteiger partial charge on any atom is 0.273 e. The van der Waals surface area contributed by atoms with Crippen molar-refractivity contribution in [3.8, 4) is 17.0 Å². The van der Waals surface area contributed by atoms with Crippen molar-refractivity contribution in [2.75, 3.05) is 19.9 Å². The molecule has 1 aromatic carbocycles. The second-order valence-corrected chi connectivity index (χ2v) is 11.5. The van der Waals surface area contributed by atoms with E-state index in [4.69, 9.17) is 16.3 Å². The van der Waals surface area contributed by atoms with Crippen LogP contribution in [0.1, 0.15) is 43.1 Å². The van der Waals surface area contributed by atoms with E-state index in [1.165, 1.54) is 6.26 Å². The van der Waals surface area contributed by atoms with E-state index >= 15 is 0 Å². The minimum absolute atomic E-state index is 0.174. The molecule has 1 saturated carbocycles. The molecule has 1 aromatic heterocycles. The number of ether oxygens (including phenoxy) is 1. The Morgan fingerprint density at radius 2 is 2.00 bits per heavy atom. The van der Waals surface area contributed by atoms with Gasteiger partial charge in [0.15, 0.2) is 5.69 Å². The van der Waals surface area contributed by atoms with Crippen LogP contribution in [0.25, 0.3) is 11.3 Å². The van der Waals surface area contributed by atoms with Crippen molar-refractivity contribution in [2.24, 2.45) is 5.92 Å². The molecular weight excluding hydrogens is 506 g/mol. The highest BCUT2D eigenvalue weighted by Crippen LogP contribution is 2.38. The van der Waals surface area contributed by atoms with E-state index in [1.807, 2.05) is 25.1 Å². The number of hydrogen-bond donors (Lipinski definition) is 1. The maximum absolute atomic E-state index is 12.8. The zero-order valence-electron chi connectivity index (χ0n) is 17.8. The SMILES string of the molecule is CCn1nc(C(=O)NCC2CCC(S(C)(=O)=O)CC2)c(Cl)c1-c1ccc(Br)cc1OC. The number of benzene rings is 1. The number of carbonyl (C=O) groups is 1. The molecule has 0 saturated heterocycles. The van der Waals surface area contributed by atoms with Crippen LogP contribution in [0, 0.1) is 5.92 Å². The molecule has 1 fully saturated rings. The van der Waals surface area contributed by atoms with E-state index in [0.29, 0.717) is 37.4 Å². The first kappa shape index (κ1) is 24.1. The Hall–Kier alpha value is -1.58. The molecule has 170 valence electrons. The number of methoxy groups -OCH3 is 1. The Morgan fingerprint density at radius 1 is 1.32 bits per heavy atom. The summed E-state index contributed by atoms with van der Waals surface area (Å²) < 4.78 is 31.5. The Labute approximate surface area is 196 Å². The van der Waals surface area contributed by atoms with Crippen LogP contribution in [0.15, 0.2) is 22.7 Å². The van der Waals surface area contributed by atoms with E-state index in [2.05, 4.69) is 26.3 Å². The minimum Gasteiger partial charge on any atom is -0.496 e. The number of rotatable bonds is 7. The average Bonchev–Trinajstić information content (AvgIpc) is 3.07. The quantitative estimate of drug-likeness (QED) is 0.573. The van der Waals surface area contributed by atoms with Crippen LogP contribution in [0.3, 0.4) is 0 Å². The molecule has 0 radical (unpaired) electrons. The summed E-state index contributed by atoms with van der Waals surface area (Å²) in [5, 5.41) is 7.38. The summed E-state index contributed by atoms with van der Waals surface area (Å²) in [5.74, 6) is 0.542. The third kappa shape index (κ3) is 5.43. The van der Waals surface area contributed by atoms with Gasteiger partial charge in [0.2, 0.25) is 0 Å². The summed E-state index contributed by atoms with van der Waals surface area (Å²) in [4.78, 5) is 12.8. The molecular formula is C21H27BrClN3O4S. The number of amides is 1. The first-order valence-corrected chi connectivity index (χ1v) is 13.4. The van der Waals surface area contributed by atoms with Crippen LogP contribution in [0.5, 0.6) is 5.75 Å². The fourth-order valence-corrected chi connectivity index (χ4v) is 5.81. The van der Waals surface area contributed by atoms with Gasteiger partial charge in [-0.3, -0.25) is 9.48 Å². The standard InChI is InChI=1S/C21H27BrClN3O4S/c1-4-26-20(16-10-7-14(22)11-17(16)30-2)18(23)19(25-26)21(27)24-12-13-5-8-15(9-6-13)31(3,28)29/h7,10-11,13,15H,4-6,8-9,12H2,1-3H3,(H,24,27). The number of nitrogens with zero attached hydrogens (tertiary/aromatic N) is 2. The summed E-state index contributed by atoms with van der Waals surface area (Å²) in [6.45, 7) is 2.94. The third-order valence-corrected chi connectivity index (χ3v) is 8.31. The largest absolute Gasteiger partial charge is 0.496 e. The van der Waals surface area contributed by atoms with Gasteiger partial charge in [-0.2, -0.15) is 5.10 Å². The molecule has 0 atom stereocenters. The van der Waals surface area contributed by atoms with Crippen molar-refractivity contribution in [3.05, 3.63) is 33.4 Å². The molecule has 10 heteroatoms. The van der Waals surface area contributed by atoms with Gasteiger partial charge in [-0.05, 0) is 56.7 Å². The molecule has 31 heavy (non-hydrogen) atoms. The lowest BCUT2D eigenvalue weighted by Gasteiger charge is -2.27. The predicted molar refractivity (Wildman–Crippen MR) is 126 cm³/mol. The van der Waals surface area contributed by atoms with Crippen molar-refractivity contribution in [3.63, 3.8) is 0 Å². The molecule has 1 amide bonds. The van der Waals surface area contributed by atoms with Crippen molar-refractivity contribution in [2.45, 2.75) is 44.4 Å². The highest BCUT2D eigenvalue weighted by molar-refractivity contribution is 9.10.